The number of aliphatic hydroxyl groups excluding tert-OH is 3. The fraction of sp³-hybridized carbons (Fsp3) is 0.400. The summed E-state index contributed by atoms with van der Waals surface area (Å²) >= 11 is 0. The Morgan fingerprint density at radius 1 is 0.545 bits per heavy atom. The summed E-state index contributed by atoms with van der Waals surface area (Å²) in [6, 6.07) is 25.8. The highest BCUT2D eigenvalue weighted by Gasteiger charge is 2.30. The minimum absolute atomic E-state index is 0.116. The Morgan fingerprint density at radius 3 is 1.15 bits per heavy atom. The summed E-state index contributed by atoms with van der Waals surface area (Å²) in [6.07, 6.45) is 0.838. The molecule has 0 aliphatic carbocycles. The Bertz CT molecular complexity index is 937. The van der Waals surface area contributed by atoms with Gasteiger partial charge in [0.15, 0.2) is 0 Å². The van der Waals surface area contributed by atoms with Crippen LogP contribution in [0.25, 0.3) is 0 Å². The Hall–Kier alpha value is -2.46. The molecule has 0 saturated carbocycles. The first-order valence-corrected chi connectivity index (χ1v) is 11.9. The van der Waals surface area contributed by atoms with Crippen LogP contribution in [0.2, 0.25) is 0 Å². The normalized spacial score (nSPS) is 16.1. The van der Waals surface area contributed by atoms with Crippen molar-refractivity contribution in [1.29, 1.82) is 0 Å². The minimum atomic E-state index is -0.244. The lowest BCUT2D eigenvalue weighted by atomic mass is 9.71. The van der Waals surface area contributed by atoms with E-state index in [0.29, 0.717) is 0 Å². The quantitative estimate of drug-likeness (QED) is 0.384. The van der Waals surface area contributed by atoms with Crippen molar-refractivity contribution < 1.29 is 15.3 Å². The van der Waals surface area contributed by atoms with Gasteiger partial charge in [-0.1, -0.05) is 100 Å². The third-order valence-electron chi connectivity index (χ3n) is 7.16. The lowest BCUT2D eigenvalue weighted by Crippen LogP contribution is -2.27. The summed E-state index contributed by atoms with van der Waals surface area (Å²) < 4.78 is 0. The topological polar surface area (TPSA) is 60.7 Å². The molecule has 0 aromatic heterocycles. The molecule has 3 heteroatoms. The van der Waals surface area contributed by atoms with E-state index in [1.807, 2.05) is 20.8 Å². The Kier molecular flexibility index (Phi) is 8.47. The zero-order valence-electron chi connectivity index (χ0n) is 20.3. The number of benzene rings is 3. The van der Waals surface area contributed by atoms with Gasteiger partial charge in [-0.05, 0) is 39.8 Å². The highest BCUT2D eigenvalue weighted by molar-refractivity contribution is 5.44. The number of hydrogen-bond donors (Lipinski definition) is 3. The number of hydrogen-bond acceptors (Lipinski definition) is 3. The second kappa shape index (κ2) is 11.1. The van der Waals surface area contributed by atoms with Crippen LogP contribution in [0.1, 0.15) is 78.8 Å². The average Bonchev–Trinajstić information content (AvgIpc) is 2.87. The molecule has 3 unspecified atom stereocenters. The van der Waals surface area contributed by atoms with Gasteiger partial charge in [0.2, 0.25) is 0 Å². The maximum Gasteiger partial charge on any atom is 0.0497 e. The third kappa shape index (κ3) is 5.73. The van der Waals surface area contributed by atoms with Gasteiger partial charge < -0.3 is 15.3 Å². The largest absolute Gasteiger partial charge is 0.396 e. The van der Waals surface area contributed by atoms with E-state index >= 15 is 0 Å². The van der Waals surface area contributed by atoms with Crippen LogP contribution in [0.3, 0.4) is 0 Å². The Balaban J connectivity index is 2.00. The molecule has 0 aliphatic heterocycles. The maximum atomic E-state index is 9.53. The van der Waals surface area contributed by atoms with Gasteiger partial charge in [0.1, 0.15) is 0 Å². The summed E-state index contributed by atoms with van der Waals surface area (Å²) in [5, 5.41) is 28.5. The first-order valence-electron chi connectivity index (χ1n) is 11.9. The summed E-state index contributed by atoms with van der Waals surface area (Å²) in [6.45, 7) is 8.80. The van der Waals surface area contributed by atoms with Gasteiger partial charge in [0, 0.05) is 43.0 Å². The summed E-state index contributed by atoms with van der Waals surface area (Å²) in [5.74, 6) is 0.365. The molecule has 0 radical (unpaired) electrons. The summed E-state index contributed by atoms with van der Waals surface area (Å²) in [4.78, 5) is 0. The standard InChI is InChI=1S/C30H38O3/c1-21(18-31)25-7-5-24(6-8-25)17-30(4,28-13-9-26(10-14-28)22(2)19-32)29-15-11-27(12-16-29)23(3)20-33/h5-16,21-23,31-33H,17-20H2,1-4H3. The fourth-order valence-electron chi connectivity index (χ4n) is 4.42. The number of aliphatic hydroxyl groups is 3. The van der Waals surface area contributed by atoms with Gasteiger partial charge >= 0.3 is 0 Å². The minimum Gasteiger partial charge on any atom is -0.396 e. The molecule has 176 valence electrons. The van der Waals surface area contributed by atoms with Crippen LogP contribution in [-0.2, 0) is 11.8 Å². The maximum absolute atomic E-state index is 9.53. The van der Waals surface area contributed by atoms with Crippen LogP contribution in [-0.4, -0.2) is 35.1 Å². The summed E-state index contributed by atoms with van der Waals surface area (Å²) in [5.41, 5.74) is 6.88. The third-order valence-corrected chi connectivity index (χ3v) is 7.16. The molecule has 3 nitrogen and oxygen atoms in total. The lowest BCUT2D eigenvalue weighted by Gasteiger charge is -2.32. The van der Waals surface area contributed by atoms with Crippen LogP contribution in [0.5, 0.6) is 0 Å². The predicted octanol–water partition coefficient (Wildman–Crippen LogP) is 5.52. The molecule has 3 rings (SSSR count). The Labute approximate surface area is 198 Å². The van der Waals surface area contributed by atoms with E-state index in [1.54, 1.807) is 0 Å². The highest BCUT2D eigenvalue weighted by atomic mass is 16.3. The predicted molar refractivity (Wildman–Crippen MR) is 136 cm³/mol. The molecule has 33 heavy (non-hydrogen) atoms. The zero-order chi connectivity index (χ0) is 24.0. The molecular weight excluding hydrogens is 408 g/mol. The van der Waals surface area contributed by atoms with E-state index in [-0.39, 0.29) is 43.0 Å². The SMILES string of the molecule is CC(CO)c1ccc(CC(C)(c2ccc(C(C)CO)cc2)c2ccc(C(C)CO)cc2)cc1. The van der Waals surface area contributed by atoms with Crippen LogP contribution >= 0.6 is 0 Å². The zero-order valence-corrected chi connectivity index (χ0v) is 20.3. The smallest absolute Gasteiger partial charge is 0.0497 e. The van der Waals surface area contributed by atoms with Gasteiger partial charge in [-0.3, -0.25) is 0 Å². The molecule has 0 heterocycles. The second-order valence-corrected chi connectivity index (χ2v) is 9.75. The molecular formula is C30H38O3. The first kappa shape index (κ1) is 25.2. The fourth-order valence-corrected chi connectivity index (χ4v) is 4.42. The second-order valence-electron chi connectivity index (χ2n) is 9.75. The van der Waals surface area contributed by atoms with E-state index in [9.17, 15) is 15.3 Å². The van der Waals surface area contributed by atoms with Crippen molar-refractivity contribution in [1.82, 2.24) is 0 Å². The Morgan fingerprint density at radius 2 is 0.848 bits per heavy atom. The molecule has 3 aromatic rings. The van der Waals surface area contributed by atoms with Gasteiger partial charge in [-0.15, -0.1) is 0 Å². The molecule has 3 N–H and O–H groups in total. The average molecular weight is 447 g/mol. The van der Waals surface area contributed by atoms with E-state index in [2.05, 4.69) is 79.7 Å². The monoisotopic (exact) mass is 446 g/mol. The van der Waals surface area contributed by atoms with Crippen molar-refractivity contribution in [3.05, 3.63) is 106 Å². The number of rotatable bonds is 10. The summed E-state index contributed by atoms with van der Waals surface area (Å²) in [7, 11) is 0. The van der Waals surface area contributed by atoms with Crippen molar-refractivity contribution in [2.24, 2.45) is 0 Å². The van der Waals surface area contributed by atoms with Crippen LogP contribution in [0, 0.1) is 0 Å². The van der Waals surface area contributed by atoms with Gasteiger partial charge in [0.25, 0.3) is 0 Å². The van der Waals surface area contributed by atoms with Crippen molar-refractivity contribution in [3.8, 4) is 0 Å². The van der Waals surface area contributed by atoms with Gasteiger partial charge in [0.05, 0.1) is 0 Å². The molecule has 0 bridgehead atoms. The van der Waals surface area contributed by atoms with Crippen molar-refractivity contribution in [2.45, 2.75) is 57.3 Å². The first-order chi connectivity index (χ1) is 15.8. The molecule has 0 aliphatic rings. The van der Waals surface area contributed by atoms with Gasteiger partial charge in [-0.2, -0.15) is 0 Å². The molecule has 0 spiro atoms. The van der Waals surface area contributed by atoms with E-state index in [4.69, 9.17) is 0 Å². The lowest BCUT2D eigenvalue weighted by molar-refractivity contribution is 0.273. The molecule has 0 saturated heterocycles. The van der Waals surface area contributed by atoms with E-state index in [1.165, 1.54) is 16.7 Å². The van der Waals surface area contributed by atoms with Crippen molar-refractivity contribution >= 4 is 0 Å². The van der Waals surface area contributed by atoms with Crippen LogP contribution < -0.4 is 0 Å². The molecule has 0 amide bonds. The highest BCUT2D eigenvalue weighted by Crippen LogP contribution is 2.37. The van der Waals surface area contributed by atoms with Gasteiger partial charge in [-0.25, -0.2) is 0 Å². The molecule has 3 aromatic carbocycles. The van der Waals surface area contributed by atoms with Crippen molar-refractivity contribution in [2.75, 3.05) is 19.8 Å². The molecule has 0 fully saturated rings. The van der Waals surface area contributed by atoms with Crippen molar-refractivity contribution in [3.63, 3.8) is 0 Å². The molecule has 3 atom stereocenters. The van der Waals surface area contributed by atoms with Crippen LogP contribution in [0.15, 0.2) is 72.8 Å². The van der Waals surface area contributed by atoms with Crippen LogP contribution in [0.4, 0.5) is 0 Å². The van der Waals surface area contributed by atoms with E-state index in [0.717, 1.165) is 23.1 Å². The van der Waals surface area contributed by atoms with E-state index < -0.39 is 0 Å².